The molecule has 0 aliphatic heterocycles. The molecule has 0 bridgehead atoms. The van der Waals surface area contributed by atoms with Crippen LogP contribution in [-0.2, 0) is 22.5 Å². The minimum atomic E-state index is -0.372. The van der Waals surface area contributed by atoms with E-state index in [1.54, 1.807) is 0 Å². The van der Waals surface area contributed by atoms with Gasteiger partial charge in [0.2, 0.25) is 0 Å². The van der Waals surface area contributed by atoms with Crippen molar-refractivity contribution in [3.05, 3.63) is 106 Å². The number of ether oxygens (including phenoxy) is 1. The number of carbonyl (C=O) groups is 1. The van der Waals surface area contributed by atoms with Gasteiger partial charge in [-0.05, 0) is 52.8 Å². The largest absolute Gasteiger partial charge is 0.469 e. The predicted octanol–water partition coefficient (Wildman–Crippen LogP) is 7.07. The molecule has 1 atom stereocenters. The number of benzene rings is 3. The third-order valence-corrected chi connectivity index (χ3v) is 6.51. The number of hydrogen-bond acceptors (Lipinski definition) is 2. The predicted molar refractivity (Wildman–Crippen MR) is 134 cm³/mol. The molecule has 0 amide bonds. The Labute approximate surface area is 198 Å². The monoisotopic (exact) mass is 489 g/mol. The molecule has 0 aliphatic carbocycles. The molecule has 0 aliphatic rings. The van der Waals surface area contributed by atoms with E-state index < -0.39 is 0 Å². The lowest BCUT2D eigenvalue weighted by atomic mass is 9.92. The summed E-state index contributed by atoms with van der Waals surface area (Å²) in [5.74, 6) is -0.0721. The van der Waals surface area contributed by atoms with Gasteiger partial charge in [0.1, 0.15) is 0 Å². The molecule has 0 radical (unpaired) electrons. The summed E-state index contributed by atoms with van der Waals surface area (Å²) in [6.07, 6.45) is 2.72. The third-order valence-electron chi connectivity index (χ3n) is 6.02. The zero-order valence-corrected chi connectivity index (χ0v) is 20.3. The Morgan fingerprint density at radius 2 is 1.69 bits per heavy atom. The Balaban J connectivity index is 1.76. The quantitative estimate of drug-likeness (QED) is 0.260. The van der Waals surface area contributed by atoms with E-state index in [0.29, 0.717) is 12.3 Å². The van der Waals surface area contributed by atoms with E-state index in [1.807, 2.05) is 18.2 Å². The van der Waals surface area contributed by atoms with Crippen molar-refractivity contribution in [3.63, 3.8) is 0 Å². The Morgan fingerprint density at radius 3 is 2.34 bits per heavy atom. The van der Waals surface area contributed by atoms with Gasteiger partial charge in [-0.1, -0.05) is 84.4 Å². The van der Waals surface area contributed by atoms with Gasteiger partial charge in [-0.25, -0.2) is 0 Å². The van der Waals surface area contributed by atoms with E-state index in [2.05, 4.69) is 95.1 Å². The molecule has 0 fully saturated rings. The molecular weight excluding hydrogens is 462 g/mol. The van der Waals surface area contributed by atoms with Crippen LogP contribution in [0.3, 0.4) is 0 Å². The fraction of sp³-hybridized carbons (Fsp3) is 0.250. The number of halogens is 1. The highest BCUT2D eigenvalue weighted by Crippen LogP contribution is 2.33. The van der Waals surface area contributed by atoms with E-state index >= 15 is 0 Å². The van der Waals surface area contributed by atoms with Crippen molar-refractivity contribution in [1.82, 2.24) is 4.57 Å². The first-order valence-electron chi connectivity index (χ1n) is 10.9. The van der Waals surface area contributed by atoms with Crippen molar-refractivity contribution in [2.24, 2.45) is 0 Å². The molecule has 0 saturated carbocycles. The van der Waals surface area contributed by atoms with Crippen LogP contribution in [0.1, 0.15) is 47.9 Å². The maximum Gasteiger partial charge on any atom is 0.313 e. The average Bonchev–Trinajstić information content (AvgIpc) is 3.15. The van der Waals surface area contributed by atoms with Crippen molar-refractivity contribution in [2.45, 2.75) is 38.6 Å². The molecular formula is C28H28BrNO2. The zero-order valence-electron chi connectivity index (χ0n) is 18.7. The molecule has 1 aromatic heterocycles. The van der Waals surface area contributed by atoms with Crippen LogP contribution in [0, 0.1) is 0 Å². The molecule has 0 spiro atoms. The van der Waals surface area contributed by atoms with Crippen molar-refractivity contribution >= 4 is 32.8 Å². The van der Waals surface area contributed by atoms with Crippen LogP contribution < -0.4 is 0 Å². The zero-order chi connectivity index (χ0) is 22.7. The molecule has 1 heterocycles. The van der Waals surface area contributed by atoms with Crippen LogP contribution in [0.4, 0.5) is 0 Å². The van der Waals surface area contributed by atoms with Crippen LogP contribution in [0.15, 0.2) is 83.5 Å². The van der Waals surface area contributed by atoms with Crippen LogP contribution in [0.2, 0.25) is 0 Å². The first-order chi connectivity index (χ1) is 15.5. The highest BCUT2D eigenvalue weighted by molar-refractivity contribution is 9.10. The third kappa shape index (κ3) is 4.81. The summed E-state index contributed by atoms with van der Waals surface area (Å²) in [4.78, 5) is 12.9. The van der Waals surface area contributed by atoms with Gasteiger partial charge in [0.05, 0.1) is 13.0 Å². The van der Waals surface area contributed by atoms with Crippen molar-refractivity contribution in [3.8, 4) is 0 Å². The summed E-state index contributed by atoms with van der Waals surface area (Å²) in [6.45, 7) is 5.16. The van der Waals surface area contributed by atoms with Gasteiger partial charge in [-0.3, -0.25) is 4.79 Å². The van der Waals surface area contributed by atoms with Gasteiger partial charge in [-0.15, -0.1) is 0 Å². The van der Waals surface area contributed by atoms with Gasteiger partial charge in [-0.2, -0.15) is 0 Å². The number of rotatable bonds is 7. The Kier molecular flexibility index (Phi) is 6.80. The molecule has 0 N–H and O–H groups in total. The minimum absolute atomic E-state index is 0.214. The lowest BCUT2D eigenvalue weighted by molar-refractivity contribution is -0.142. The van der Waals surface area contributed by atoms with Gasteiger partial charge in [0.25, 0.3) is 0 Å². The summed E-state index contributed by atoms with van der Waals surface area (Å²) >= 11 is 3.61. The molecule has 1 unspecified atom stereocenters. The summed E-state index contributed by atoms with van der Waals surface area (Å²) in [6, 6.07) is 25.2. The van der Waals surface area contributed by atoms with Gasteiger partial charge >= 0.3 is 5.97 Å². The second kappa shape index (κ2) is 9.74. The Morgan fingerprint density at radius 1 is 0.969 bits per heavy atom. The number of carbonyl (C=O) groups excluding carboxylic acids is 1. The van der Waals surface area contributed by atoms with E-state index in [-0.39, 0.29) is 11.9 Å². The number of aromatic nitrogens is 1. The lowest BCUT2D eigenvalue weighted by Gasteiger charge is -2.14. The first kappa shape index (κ1) is 22.3. The van der Waals surface area contributed by atoms with Crippen LogP contribution in [0.25, 0.3) is 10.9 Å². The maximum absolute atomic E-state index is 12.9. The SMILES string of the molecule is COC(=O)C(Cc1ccccc1)c1cn(Cc2ccc(C(C)C)cc2)c2ccc(Br)cc12. The molecule has 3 aromatic carbocycles. The standard InChI is InChI=1S/C28H28BrNO2/c1-19(2)22-11-9-21(10-12-22)17-30-18-26(24-16-23(29)13-14-27(24)30)25(28(31)32-3)15-20-7-5-4-6-8-20/h4-14,16,18-19,25H,15,17H2,1-3H3. The topological polar surface area (TPSA) is 31.2 Å². The highest BCUT2D eigenvalue weighted by Gasteiger charge is 2.26. The minimum Gasteiger partial charge on any atom is -0.469 e. The lowest BCUT2D eigenvalue weighted by Crippen LogP contribution is -2.16. The van der Waals surface area contributed by atoms with Crippen LogP contribution in [0.5, 0.6) is 0 Å². The molecule has 0 saturated heterocycles. The summed E-state index contributed by atoms with van der Waals surface area (Å²) < 4.78 is 8.45. The van der Waals surface area contributed by atoms with E-state index in [4.69, 9.17) is 4.74 Å². The Hall–Kier alpha value is -2.85. The summed E-state index contributed by atoms with van der Waals surface area (Å²) in [5.41, 5.74) is 5.79. The molecule has 4 aromatic rings. The summed E-state index contributed by atoms with van der Waals surface area (Å²) in [5, 5.41) is 1.07. The van der Waals surface area contributed by atoms with E-state index in [0.717, 1.165) is 33.0 Å². The van der Waals surface area contributed by atoms with Gasteiger partial charge in [0.15, 0.2) is 0 Å². The highest BCUT2D eigenvalue weighted by atomic mass is 79.9. The number of fused-ring (bicyclic) bond motifs is 1. The fourth-order valence-corrected chi connectivity index (χ4v) is 4.58. The van der Waals surface area contributed by atoms with Crippen LogP contribution in [-0.4, -0.2) is 17.6 Å². The normalized spacial score (nSPS) is 12.3. The fourth-order valence-electron chi connectivity index (χ4n) is 4.22. The van der Waals surface area contributed by atoms with Crippen molar-refractivity contribution < 1.29 is 9.53 Å². The second-order valence-corrected chi connectivity index (χ2v) is 9.45. The van der Waals surface area contributed by atoms with E-state index in [9.17, 15) is 4.79 Å². The molecule has 32 heavy (non-hydrogen) atoms. The van der Waals surface area contributed by atoms with Crippen molar-refractivity contribution in [1.29, 1.82) is 0 Å². The smallest absolute Gasteiger partial charge is 0.313 e. The summed E-state index contributed by atoms with van der Waals surface area (Å²) in [7, 11) is 1.46. The number of hydrogen-bond donors (Lipinski definition) is 0. The number of esters is 1. The number of nitrogens with zero attached hydrogens (tertiary/aromatic N) is 1. The molecule has 4 rings (SSSR count). The van der Waals surface area contributed by atoms with Crippen LogP contribution >= 0.6 is 15.9 Å². The second-order valence-electron chi connectivity index (χ2n) is 8.54. The molecule has 3 nitrogen and oxygen atoms in total. The maximum atomic E-state index is 12.9. The van der Waals surface area contributed by atoms with Gasteiger partial charge in [0, 0.05) is 28.1 Å². The van der Waals surface area contributed by atoms with Crippen molar-refractivity contribution in [2.75, 3.05) is 7.11 Å². The van der Waals surface area contributed by atoms with E-state index in [1.165, 1.54) is 18.2 Å². The first-order valence-corrected chi connectivity index (χ1v) is 11.7. The Bertz CT molecular complexity index is 1210. The average molecular weight is 490 g/mol. The molecule has 4 heteroatoms. The number of methoxy groups -OCH3 is 1. The molecule has 164 valence electrons. The van der Waals surface area contributed by atoms with Gasteiger partial charge < -0.3 is 9.30 Å².